The molecule has 2 aliphatic heterocycles. The molecule has 1 aromatic carbocycles. The molecular weight excluding hydrogens is 274 g/mol. The first-order valence-electron chi connectivity index (χ1n) is 6.99. The van der Waals surface area contributed by atoms with Gasteiger partial charge in [0.25, 0.3) is 0 Å². The van der Waals surface area contributed by atoms with Crippen LogP contribution < -0.4 is 4.74 Å². The van der Waals surface area contributed by atoms with Gasteiger partial charge in [0, 0.05) is 30.8 Å². The first-order chi connectivity index (χ1) is 9.37. The van der Waals surface area contributed by atoms with E-state index in [1.54, 1.807) is 0 Å². The van der Waals surface area contributed by atoms with Gasteiger partial charge >= 0.3 is 0 Å². The summed E-state index contributed by atoms with van der Waals surface area (Å²) in [5.41, 5.74) is 1.45. The summed E-state index contributed by atoms with van der Waals surface area (Å²) < 4.78 is 28.6. The van der Waals surface area contributed by atoms with Crippen molar-refractivity contribution in [3.05, 3.63) is 29.8 Å². The Kier molecular flexibility index (Phi) is 3.29. The van der Waals surface area contributed by atoms with Gasteiger partial charge in [-0.05, 0) is 25.0 Å². The molecule has 0 N–H and O–H groups in total. The SMILES string of the molecule is CC(CS(C)(=O)=O)N1CC2(COc3ccccc3C2)C1. The first-order valence-corrected chi connectivity index (χ1v) is 9.05. The minimum Gasteiger partial charge on any atom is -0.493 e. The molecule has 0 saturated carbocycles. The van der Waals surface area contributed by atoms with Gasteiger partial charge in [-0.25, -0.2) is 8.42 Å². The van der Waals surface area contributed by atoms with E-state index in [9.17, 15) is 8.42 Å². The summed E-state index contributed by atoms with van der Waals surface area (Å²) in [6, 6.07) is 8.28. The number of hydrogen-bond acceptors (Lipinski definition) is 4. The molecule has 1 atom stereocenters. The van der Waals surface area contributed by atoms with Crippen LogP contribution in [-0.2, 0) is 16.3 Å². The number of ether oxygens (including phenoxy) is 1. The van der Waals surface area contributed by atoms with E-state index in [0.717, 1.165) is 31.9 Å². The quantitative estimate of drug-likeness (QED) is 0.844. The van der Waals surface area contributed by atoms with E-state index in [0.29, 0.717) is 0 Å². The van der Waals surface area contributed by atoms with Crippen molar-refractivity contribution in [1.29, 1.82) is 0 Å². The van der Waals surface area contributed by atoms with Gasteiger partial charge in [-0.3, -0.25) is 4.90 Å². The molecule has 1 spiro atoms. The van der Waals surface area contributed by atoms with Crippen molar-refractivity contribution in [2.24, 2.45) is 5.41 Å². The molecule has 2 heterocycles. The summed E-state index contributed by atoms with van der Waals surface area (Å²) in [4.78, 5) is 2.25. The maximum atomic E-state index is 11.4. The van der Waals surface area contributed by atoms with E-state index >= 15 is 0 Å². The van der Waals surface area contributed by atoms with Crippen molar-refractivity contribution >= 4 is 9.84 Å². The number of sulfone groups is 1. The van der Waals surface area contributed by atoms with E-state index in [4.69, 9.17) is 4.74 Å². The van der Waals surface area contributed by atoms with Crippen LogP contribution in [0.4, 0.5) is 0 Å². The van der Waals surface area contributed by atoms with Crippen LogP contribution in [-0.4, -0.2) is 51.1 Å². The second kappa shape index (κ2) is 4.74. The number of para-hydroxylation sites is 1. The van der Waals surface area contributed by atoms with Gasteiger partial charge in [0.1, 0.15) is 15.6 Å². The van der Waals surface area contributed by atoms with Crippen LogP contribution in [0.25, 0.3) is 0 Å². The Morgan fingerprint density at radius 3 is 2.75 bits per heavy atom. The molecule has 2 aliphatic rings. The highest BCUT2D eigenvalue weighted by atomic mass is 32.2. The van der Waals surface area contributed by atoms with Crippen LogP contribution in [0.1, 0.15) is 12.5 Å². The fourth-order valence-corrected chi connectivity index (χ4v) is 4.44. The smallest absolute Gasteiger partial charge is 0.148 e. The molecule has 0 radical (unpaired) electrons. The molecule has 1 fully saturated rings. The van der Waals surface area contributed by atoms with Crippen molar-refractivity contribution in [1.82, 2.24) is 4.90 Å². The van der Waals surface area contributed by atoms with Crippen molar-refractivity contribution < 1.29 is 13.2 Å². The maximum absolute atomic E-state index is 11.4. The highest BCUT2D eigenvalue weighted by Crippen LogP contribution is 2.41. The summed E-state index contributed by atoms with van der Waals surface area (Å²) in [7, 11) is -2.91. The largest absolute Gasteiger partial charge is 0.493 e. The Morgan fingerprint density at radius 2 is 2.05 bits per heavy atom. The Bertz CT molecular complexity index is 605. The van der Waals surface area contributed by atoms with Crippen LogP contribution >= 0.6 is 0 Å². The molecule has 0 aliphatic carbocycles. The number of hydrogen-bond donors (Lipinski definition) is 0. The van der Waals surface area contributed by atoms with Gasteiger partial charge in [-0.15, -0.1) is 0 Å². The first kappa shape index (κ1) is 13.9. The van der Waals surface area contributed by atoms with Crippen LogP contribution in [0.5, 0.6) is 5.75 Å². The Balaban J connectivity index is 1.63. The highest BCUT2D eigenvalue weighted by molar-refractivity contribution is 7.90. The zero-order chi connectivity index (χ0) is 14.4. The molecule has 4 nitrogen and oxygen atoms in total. The second-order valence-electron chi connectivity index (χ2n) is 6.42. The van der Waals surface area contributed by atoms with Gasteiger partial charge in [0.2, 0.25) is 0 Å². The predicted molar refractivity (Wildman–Crippen MR) is 78.8 cm³/mol. The van der Waals surface area contributed by atoms with Crippen molar-refractivity contribution in [2.75, 3.05) is 31.7 Å². The fraction of sp³-hybridized carbons (Fsp3) is 0.600. The lowest BCUT2D eigenvalue weighted by atomic mass is 9.73. The van der Waals surface area contributed by atoms with Crippen LogP contribution in [0.2, 0.25) is 0 Å². The third kappa shape index (κ3) is 2.69. The molecule has 1 saturated heterocycles. The van der Waals surface area contributed by atoms with E-state index in [-0.39, 0.29) is 17.2 Å². The molecule has 0 bridgehead atoms. The molecular formula is C15H21NO3S. The third-order valence-corrected chi connectivity index (χ3v) is 5.40. The number of nitrogens with zero attached hydrogens (tertiary/aromatic N) is 1. The minimum absolute atomic E-state index is 0.0906. The maximum Gasteiger partial charge on any atom is 0.148 e. The lowest BCUT2D eigenvalue weighted by molar-refractivity contribution is -0.0585. The van der Waals surface area contributed by atoms with E-state index in [1.807, 2.05) is 25.1 Å². The van der Waals surface area contributed by atoms with Gasteiger partial charge in [0.15, 0.2) is 0 Å². The van der Waals surface area contributed by atoms with E-state index < -0.39 is 9.84 Å². The third-order valence-electron chi connectivity index (χ3n) is 4.32. The summed E-state index contributed by atoms with van der Waals surface area (Å²) >= 11 is 0. The normalized spacial score (nSPS) is 22.7. The lowest BCUT2D eigenvalue weighted by Crippen LogP contribution is -2.64. The highest BCUT2D eigenvalue weighted by Gasteiger charge is 2.47. The number of fused-ring (bicyclic) bond motifs is 1. The Morgan fingerprint density at radius 1 is 1.35 bits per heavy atom. The zero-order valence-corrected chi connectivity index (χ0v) is 12.8. The van der Waals surface area contributed by atoms with Crippen molar-refractivity contribution in [3.8, 4) is 5.75 Å². The fourth-order valence-electron chi connectivity index (χ4n) is 3.35. The summed E-state index contributed by atoms with van der Waals surface area (Å²) in [6.45, 7) is 4.59. The molecule has 110 valence electrons. The lowest BCUT2D eigenvalue weighted by Gasteiger charge is -2.54. The molecule has 3 rings (SSSR count). The monoisotopic (exact) mass is 295 g/mol. The molecule has 1 unspecified atom stereocenters. The van der Waals surface area contributed by atoms with E-state index in [2.05, 4.69) is 11.0 Å². The van der Waals surface area contributed by atoms with Crippen molar-refractivity contribution in [3.63, 3.8) is 0 Å². The van der Waals surface area contributed by atoms with Gasteiger partial charge in [-0.2, -0.15) is 0 Å². The average Bonchev–Trinajstić information content (AvgIpc) is 2.33. The molecule has 5 heteroatoms. The van der Waals surface area contributed by atoms with Gasteiger partial charge < -0.3 is 4.74 Å². The number of rotatable bonds is 3. The molecule has 1 aromatic rings. The molecule has 0 aromatic heterocycles. The predicted octanol–water partition coefficient (Wildman–Crippen LogP) is 1.36. The van der Waals surface area contributed by atoms with Crippen molar-refractivity contribution in [2.45, 2.75) is 19.4 Å². The molecule has 20 heavy (non-hydrogen) atoms. The second-order valence-corrected chi connectivity index (χ2v) is 8.60. The Hall–Kier alpha value is -1.07. The van der Waals surface area contributed by atoms with Gasteiger partial charge in [0.05, 0.1) is 12.4 Å². The number of likely N-dealkylation sites (tertiary alicyclic amines) is 1. The summed E-state index contributed by atoms with van der Waals surface area (Å²) in [5, 5.41) is 0. The van der Waals surface area contributed by atoms with Gasteiger partial charge in [-0.1, -0.05) is 18.2 Å². The van der Waals surface area contributed by atoms with Crippen LogP contribution in [0.3, 0.4) is 0 Å². The molecule has 0 amide bonds. The van der Waals surface area contributed by atoms with Crippen LogP contribution in [0, 0.1) is 5.41 Å². The van der Waals surface area contributed by atoms with E-state index in [1.165, 1.54) is 11.8 Å². The average molecular weight is 295 g/mol. The topological polar surface area (TPSA) is 46.6 Å². The standard InChI is InChI=1S/C15H21NO3S/c1-12(8-20(2,17)18)16-9-15(10-16)7-13-5-3-4-6-14(13)19-11-15/h3-6,12H,7-11H2,1-2H3. The van der Waals surface area contributed by atoms with Crippen LogP contribution in [0.15, 0.2) is 24.3 Å². The zero-order valence-electron chi connectivity index (χ0n) is 12.0. The summed E-state index contributed by atoms with van der Waals surface area (Å²) in [5.74, 6) is 1.24. The summed E-state index contributed by atoms with van der Waals surface area (Å²) in [6.07, 6.45) is 2.34. The number of benzene rings is 1. The minimum atomic E-state index is -2.91. The Labute approximate surface area is 120 Å².